The molecule has 6 heteroatoms. The van der Waals surface area contributed by atoms with E-state index in [1.54, 1.807) is 0 Å². The number of hydrogen-bond acceptors (Lipinski definition) is 5. The fourth-order valence-corrected chi connectivity index (χ4v) is 10.6. The van der Waals surface area contributed by atoms with Crippen molar-refractivity contribution in [1.82, 2.24) is 5.32 Å². The van der Waals surface area contributed by atoms with Gasteiger partial charge < -0.3 is 20.3 Å². The van der Waals surface area contributed by atoms with E-state index in [-0.39, 0.29) is 18.5 Å². The first kappa shape index (κ1) is 69.9. The number of rotatable bonds is 62. The van der Waals surface area contributed by atoms with Crippen LogP contribution < -0.4 is 5.32 Å². The molecule has 0 aromatic rings. The number of carbonyl (C=O) groups excluding carboxylic acids is 2. The van der Waals surface area contributed by atoms with E-state index in [9.17, 15) is 19.8 Å². The Hall–Kier alpha value is -1.14. The molecule has 0 saturated carbocycles. The smallest absolute Gasteiger partial charge is 0.305 e. The van der Waals surface area contributed by atoms with Gasteiger partial charge >= 0.3 is 5.97 Å². The summed E-state index contributed by atoms with van der Waals surface area (Å²) in [6.07, 6.45) is 72.6. The van der Waals surface area contributed by atoms with Gasteiger partial charge in [0.05, 0.1) is 25.4 Å². The van der Waals surface area contributed by atoms with Crippen LogP contribution in [0.4, 0.5) is 0 Å². The molecular formula is C65H129NO5. The Morgan fingerprint density at radius 1 is 0.338 bits per heavy atom. The van der Waals surface area contributed by atoms with Gasteiger partial charge in [0.2, 0.25) is 5.91 Å². The maximum absolute atomic E-state index is 12.5. The molecule has 2 unspecified atom stereocenters. The summed E-state index contributed by atoms with van der Waals surface area (Å²) in [4.78, 5) is 24.6. The molecule has 3 N–H and O–H groups in total. The Balaban J connectivity index is 3.39. The van der Waals surface area contributed by atoms with Crippen molar-refractivity contribution in [2.75, 3.05) is 13.2 Å². The van der Waals surface area contributed by atoms with Crippen molar-refractivity contribution in [2.24, 2.45) is 0 Å². The molecule has 1 amide bonds. The van der Waals surface area contributed by atoms with Crippen LogP contribution in [0.25, 0.3) is 0 Å². The fourth-order valence-electron chi connectivity index (χ4n) is 10.6. The molecule has 0 bridgehead atoms. The SMILES string of the molecule is CCCCCCCCCCCCCCCCCCCCCCCCC(O)C(CO)NC(=O)CCCCCCCCCCCCCCCCCCCOC(=O)CCCCCCCCCCCCCCCCC. The number of hydrogen-bond donors (Lipinski definition) is 3. The largest absolute Gasteiger partial charge is 0.466 e. The lowest BCUT2D eigenvalue weighted by molar-refractivity contribution is -0.143. The minimum Gasteiger partial charge on any atom is -0.466 e. The van der Waals surface area contributed by atoms with Gasteiger partial charge in [0.1, 0.15) is 0 Å². The standard InChI is InChI=1S/C65H129NO5/c1-3-5-7-9-11-13-15-17-19-20-21-22-23-24-26-30-33-37-41-45-49-53-57-63(68)62(61-67)66-64(69)58-54-50-46-42-38-34-31-27-25-28-32-36-40-44-48-52-56-60-71-65(70)59-55-51-47-43-39-35-29-18-16-14-12-10-8-6-4-2/h62-63,67-68H,3-61H2,1-2H3,(H,66,69). The van der Waals surface area contributed by atoms with Crippen LogP contribution in [0.2, 0.25) is 0 Å². The lowest BCUT2D eigenvalue weighted by Gasteiger charge is -2.22. The Morgan fingerprint density at radius 3 is 0.859 bits per heavy atom. The van der Waals surface area contributed by atoms with Crippen LogP contribution in [-0.4, -0.2) is 47.4 Å². The highest BCUT2D eigenvalue weighted by Gasteiger charge is 2.20. The summed E-state index contributed by atoms with van der Waals surface area (Å²) in [6, 6.07) is -0.545. The maximum atomic E-state index is 12.5. The second-order valence-electron chi connectivity index (χ2n) is 22.8. The highest BCUT2D eigenvalue weighted by molar-refractivity contribution is 5.76. The maximum Gasteiger partial charge on any atom is 0.305 e. The quantitative estimate of drug-likeness (QED) is 0.0417. The van der Waals surface area contributed by atoms with Crippen molar-refractivity contribution >= 4 is 11.9 Å². The number of ether oxygens (including phenoxy) is 1. The highest BCUT2D eigenvalue weighted by atomic mass is 16.5. The number of amides is 1. The molecule has 0 aromatic carbocycles. The molecule has 0 rings (SSSR count). The van der Waals surface area contributed by atoms with Gasteiger partial charge in [0.25, 0.3) is 0 Å². The third-order valence-electron chi connectivity index (χ3n) is 15.7. The molecular weight excluding hydrogens is 875 g/mol. The monoisotopic (exact) mass is 1000 g/mol. The van der Waals surface area contributed by atoms with Crippen LogP contribution in [0.15, 0.2) is 0 Å². The topological polar surface area (TPSA) is 95.9 Å². The third-order valence-corrected chi connectivity index (χ3v) is 15.7. The van der Waals surface area contributed by atoms with Gasteiger partial charge in [-0.05, 0) is 25.7 Å². The van der Waals surface area contributed by atoms with E-state index >= 15 is 0 Å². The molecule has 0 spiro atoms. The van der Waals surface area contributed by atoms with Crippen LogP contribution in [0.1, 0.15) is 380 Å². The van der Waals surface area contributed by atoms with E-state index in [0.717, 1.165) is 38.5 Å². The third kappa shape index (κ3) is 58.0. The van der Waals surface area contributed by atoms with Gasteiger partial charge in [-0.1, -0.05) is 341 Å². The molecule has 0 saturated heterocycles. The predicted molar refractivity (Wildman–Crippen MR) is 310 cm³/mol. The number of nitrogens with one attached hydrogen (secondary N) is 1. The summed E-state index contributed by atoms with van der Waals surface area (Å²) in [5.41, 5.74) is 0. The Bertz CT molecular complexity index is 1020. The molecule has 0 aliphatic rings. The van der Waals surface area contributed by atoms with E-state index in [4.69, 9.17) is 4.74 Å². The van der Waals surface area contributed by atoms with Gasteiger partial charge in [-0.2, -0.15) is 0 Å². The van der Waals surface area contributed by atoms with E-state index in [1.165, 1.54) is 308 Å². The van der Waals surface area contributed by atoms with Crippen molar-refractivity contribution in [3.05, 3.63) is 0 Å². The lowest BCUT2D eigenvalue weighted by atomic mass is 10.0. The Labute approximate surface area is 445 Å². The molecule has 0 aliphatic heterocycles. The number of aliphatic hydroxyl groups is 2. The zero-order valence-corrected chi connectivity index (χ0v) is 48.5. The first-order valence-corrected chi connectivity index (χ1v) is 32.8. The van der Waals surface area contributed by atoms with Crippen LogP contribution in [0, 0.1) is 0 Å². The van der Waals surface area contributed by atoms with Crippen LogP contribution in [0.3, 0.4) is 0 Å². The molecule has 424 valence electrons. The van der Waals surface area contributed by atoms with E-state index in [2.05, 4.69) is 19.2 Å². The fraction of sp³-hybridized carbons (Fsp3) is 0.969. The Morgan fingerprint density at radius 2 is 0.577 bits per heavy atom. The molecule has 0 fully saturated rings. The molecule has 0 radical (unpaired) electrons. The minimum atomic E-state index is -0.668. The second-order valence-corrected chi connectivity index (χ2v) is 22.8. The van der Waals surface area contributed by atoms with E-state index in [0.29, 0.717) is 25.9 Å². The normalized spacial score (nSPS) is 12.5. The highest BCUT2D eigenvalue weighted by Crippen LogP contribution is 2.19. The molecule has 0 aliphatic carbocycles. The average Bonchev–Trinajstić information content (AvgIpc) is 3.37. The molecule has 2 atom stereocenters. The van der Waals surface area contributed by atoms with Gasteiger partial charge in [0.15, 0.2) is 0 Å². The lowest BCUT2D eigenvalue weighted by Crippen LogP contribution is -2.45. The average molecular weight is 1000 g/mol. The first-order chi connectivity index (χ1) is 35.0. The second kappa shape index (κ2) is 61.4. The van der Waals surface area contributed by atoms with E-state index in [1.807, 2.05) is 0 Å². The summed E-state index contributed by atoms with van der Waals surface area (Å²) < 4.78 is 5.49. The predicted octanol–water partition coefficient (Wildman–Crippen LogP) is 20.6. The molecule has 0 heterocycles. The van der Waals surface area contributed by atoms with Crippen LogP contribution >= 0.6 is 0 Å². The van der Waals surface area contributed by atoms with Crippen molar-refractivity contribution in [2.45, 2.75) is 392 Å². The van der Waals surface area contributed by atoms with Gasteiger partial charge in [0, 0.05) is 12.8 Å². The number of unbranched alkanes of at least 4 members (excludes halogenated alkanes) is 51. The molecule has 71 heavy (non-hydrogen) atoms. The van der Waals surface area contributed by atoms with Crippen molar-refractivity contribution < 1.29 is 24.5 Å². The first-order valence-electron chi connectivity index (χ1n) is 32.8. The number of aliphatic hydroxyl groups excluding tert-OH is 2. The Kier molecular flexibility index (Phi) is 60.4. The zero-order chi connectivity index (χ0) is 51.4. The van der Waals surface area contributed by atoms with Gasteiger partial charge in [-0.3, -0.25) is 9.59 Å². The van der Waals surface area contributed by atoms with E-state index < -0.39 is 12.1 Å². The zero-order valence-electron chi connectivity index (χ0n) is 48.5. The summed E-state index contributed by atoms with van der Waals surface area (Å²) >= 11 is 0. The van der Waals surface area contributed by atoms with Gasteiger partial charge in [-0.25, -0.2) is 0 Å². The minimum absolute atomic E-state index is 0.00987. The van der Waals surface area contributed by atoms with Crippen LogP contribution in [-0.2, 0) is 14.3 Å². The summed E-state index contributed by atoms with van der Waals surface area (Å²) in [5.74, 6) is -0.0251. The number of carbonyl (C=O) groups is 2. The van der Waals surface area contributed by atoms with Crippen LogP contribution in [0.5, 0.6) is 0 Å². The van der Waals surface area contributed by atoms with Crippen molar-refractivity contribution in [1.29, 1.82) is 0 Å². The molecule has 0 aromatic heterocycles. The summed E-state index contributed by atoms with van der Waals surface area (Å²) in [7, 11) is 0. The van der Waals surface area contributed by atoms with Crippen molar-refractivity contribution in [3.63, 3.8) is 0 Å². The van der Waals surface area contributed by atoms with Gasteiger partial charge in [-0.15, -0.1) is 0 Å². The summed E-state index contributed by atoms with van der Waals surface area (Å²) in [5, 5.41) is 23.4. The molecule has 6 nitrogen and oxygen atoms in total. The summed E-state index contributed by atoms with van der Waals surface area (Å²) in [6.45, 7) is 4.99. The number of esters is 1. The van der Waals surface area contributed by atoms with Crippen molar-refractivity contribution in [3.8, 4) is 0 Å².